The molecule has 1 amide bonds. The van der Waals surface area contributed by atoms with Crippen LogP contribution in [0.15, 0.2) is 36.8 Å². The van der Waals surface area contributed by atoms with Crippen molar-refractivity contribution in [2.75, 3.05) is 42.3 Å². The first-order chi connectivity index (χ1) is 15.4. The number of imidazole rings is 1. The van der Waals surface area contributed by atoms with Crippen LogP contribution in [0.25, 0.3) is 11.2 Å². The number of hydrogen-bond acceptors (Lipinski definition) is 9. The molecule has 0 aliphatic carbocycles. The van der Waals surface area contributed by atoms with Crippen molar-refractivity contribution >= 4 is 44.4 Å². The minimum Gasteiger partial charge on any atom is -0.465 e. The van der Waals surface area contributed by atoms with Crippen LogP contribution in [0.3, 0.4) is 0 Å². The first-order valence-electron chi connectivity index (χ1n) is 10.0. The van der Waals surface area contributed by atoms with Crippen LogP contribution < -0.4 is 9.80 Å². The molecule has 3 aromatic rings. The van der Waals surface area contributed by atoms with Crippen LogP contribution in [0.2, 0.25) is 0 Å². The molecule has 4 rings (SSSR count). The third kappa shape index (κ3) is 3.88. The van der Waals surface area contributed by atoms with Gasteiger partial charge in [-0.25, -0.2) is 22.2 Å². The Morgan fingerprint density at radius 3 is 2.72 bits per heavy atom. The molecule has 0 saturated carbocycles. The maximum absolute atomic E-state index is 13.0. The molecule has 168 valence electrons. The SMILES string of the molecule is CCN1CCN(C(=O)CCS(=O)(=O)n2cnc3ccnnc32)c2ccc(C(=O)OC)cc21. The predicted octanol–water partition coefficient (Wildman–Crippen LogP) is 1.05. The predicted molar refractivity (Wildman–Crippen MR) is 117 cm³/mol. The number of carbonyl (C=O) groups is 2. The summed E-state index contributed by atoms with van der Waals surface area (Å²) in [6.07, 6.45) is 2.38. The Balaban J connectivity index is 1.56. The molecule has 11 nitrogen and oxygen atoms in total. The molecule has 0 N–H and O–H groups in total. The van der Waals surface area contributed by atoms with Crippen molar-refractivity contribution in [3.05, 3.63) is 42.4 Å². The minimum absolute atomic E-state index is 0.122. The zero-order chi connectivity index (χ0) is 22.9. The van der Waals surface area contributed by atoms with Crippen molar-refractivity contribution in [2.45, 2.75) is 13.3 Å². The first kappa shape index (κ1) is 21.7. The second-order valence-electron chi connectivity index (χ2n) is 7.17. The van der Waals surface area contributed by atoms with E-state index in [1.807, 2.05) is 6.92 Å². The van der Waals surface area contributed by atoms with Gasteiger partial charge in [-0.1, -0.05) is 0 Å². The van der Waals surface area contributed by atoms with E-state index in [-0.39, 0.29) is 18.0 Å². The van der Waals surface area contributed by atoms with E-state index in [0.717, 1.165) is 9.66 Å². The lowest BCUT2D eigenvalue weighted by molar-refractivity contribution is -0.118. The van der Waals surface area contributed by atoms with Crippen molar-refractivity contribution in [1.82, 2.24) is 19.2 Å². The number of ether oxygens (including phenoxy) is 1. The number of anilines is 2. The van der Waals surface area contributed by atoms with Gasteiger partial charge in [0.05, 0.1) is 36.0 Å². The number of amides is 1. The van der Waals surface area contributed by atoms with Crippen molar-refractivity contribution in [3.63, 3.8) is 0 Å². The van der Waals surface area contributed by atoms with Gasteiger partial charge in [-0.05, 0) is 31.2 Å². The van der Waals surface area contributed by atoms with Crippen molar-refractivity contribution in [2.24, 2.45) is 0 Å². The fourth-order valence-corrected chi connectivity index (χ4v) is 4.91. The fraction of sp³-hybridized carbons (Fsp3) is 0.350. The Hall–Kier alpha value is -3.54. The zero-order valence-electron chi connectivity index (χ0n) is 17.6. The third-order valence-corrected chi connectivity index (χ3v) is 6.96. The number of fused-ring (bicyclic) bond motifs is 2. The maximum atomic E-state index is 13.0. The minimum atomic E-state index is -3.86. The van der Waals surface area contributed by atoms with Crippen LogP contribution in [0.4, 0.5) is 11.4 Å². The van der Waals surface area contributed by atoms with Gasteiger partial charge in [0.2, 0.25) is 15.9 Å². The lowest BCUT2D eigenvalue weighted by atomic mass is 10.1. The molecule has 0 fully saturated rings. The summed E-state index contributed by atoms with van der Waals surface area (Å²) in [6.45, 7) is 3.66. The average molecular weight is 459 g/mol. The number of nitrogens with zero attached hydrogens (tertiary/aromatic N) is 6. The van der Waals surface area contributed by atoms with Gasteiger partial charge in [0.25, 0.3) is 0 Å². The third-order valence-electron chi connectivity index (χ3n) is 5.37. The number of esters is 1. The molecule has 1 aromatic carbocycles. The van der Waals surface area contributed by atoms with E-state index >= 15 is 0 Å². The van der Waals surface area contributed by atoms with Crippen LogP contribution in [-0.2, 0) is 19.6 Å². The van der Waals surface area contributed by atoms with Gasteiger partial charge in [0.15, 0.2) is 5.65 Å². The van der Waals surface area contributed by atoms with Gasteiger partial charge in [0, 0.05) is 26.1 Å². The van der Waals surface area contributed by atoms with E-state index in [1.54, 1.807) is 29.2 Å². The number of aromatic nitrogens is 4. The number of benzene rings is 1. The molecular weight excluding hydrogens is 436 g/mol. The Labute approximate surface area is 184 Å². The van der Waals surface area contributed by atoms with Crippen molar-refractivity contribution < 1.29 is 22.7 Å². The zero-order valence-corrected chi connectivity index (χ0v) is 18.4. The quantitative estimate of drug-likeness (QED) is 0.498. The summed E-state index contributed by atoms with van der Waals surface area (Å²) >= 11 is 0. The normalized spacial score (nSPS) is 13.8. The molecule has 0 spiro atoms. The molecule has 0 bridgehead atoms. The maximum Gasteiger partial charge on any atom is 0.337 e. The first-order valence-corrected chi connectivity index (χ1v) is 11.6. The van der Waals surface area contributed by atoms with Gasteiger partial charge >= 0.3 is 5.97 Å². The summed E-state index contributed by atoms with van der Waals surface area (Å²) in [7, 11) is -2.55. The van der Waals surface area contributed by atoms with Gasteiger partial charge in [-0.3, -0.25) is 4.79 Å². The standard InChI is InChI=1S/C20H22N6O5S/c1-3-24-9-10-25(16-5-4-14(12-17(16)24)20(28)31-2)18(27)7-11-32(29,30)26-13-21-15-6-8-22-23-19(15)26/h4-6,8,12-13H,3,7,9-11H2,1-2H3. The van der Waals surface area contributed by atoms with Crippen LogP contribution in [0, 0.1) is 0 Å². The van der Waals surface area contributed by atoms with Crippen LogP contribution in [0.1, 0.15) is 23.7 Å². The molecule has 12 heteroatoms. The Kier molecular flexibility index (Phi) is 5.78. The Morgan fingerprint density at radius 2 is 1.97 bits per heavy atom. The molecule has 0 unspecified atom stereocenters. The molecule has 0 atom stereocenters. The molecule has 3 heterocycles. The molecule has 2 aromatic heterocycles. The second kappa shape index (κ2) is 8.54. The number of methoxy groups -OCH3 is 1. The number of rotatable bonds is 6. The molecule has 1 aliphatic heterocycles. The monoisotopic (exact) mass is 458 g/mol. The molecular formula is C20H22N6O5S. The van der Waals surface area contributed by atoms with Crippen molar-refractivity contribution in [3.8, 4) is 0 Å². The number of likely N-dealkylation sites (N-methyl/N-ethyl adjacent to an activating group) is 1. The van der Waals surface area contributed by atoms with Gasteiger partial charge in [-0.2, -0.15) is 5.10 Å². The lowest BCUT2D eigenvalue weighted by Crippen LogP contribution is -2.44. The summed E-state index contributed by atoms with van der Waals surface area (Å²) in [6, 6.07) is 6.54. The highest BCUT2D eigenvalue weighted by Crippen LogP contribution is 2.34. The summed E-state index contributed by atoms with van der Waals surface area (Å²) < 4.78 is 31.4. The van der Waals surface area contributed by atoms with E-state index in [1.165, 1.54) is 19.6 Å². The number of hydrogen-bond donors (Lipinski definition) is 0. The summed E-state index contributed by atoms with van der Waals surface area (Å²) in [5, 5.41) is 7.54. The van der Waals surface area contributed by atoms with Gasteiger partial charge in [0.1, 0.15) is 11.8 Å². The average Bonchev–Trinajstić information content (AvgIpc) is 3.26. The van der Waals surface area contributed by atoms with Crippen LogP contribution >= 0.6 is 0 Å². The lowest BCUT2D eigenvalue weighted by Gasteiger charge is -2.37. The summed E-state index contributed by atoms with van der Waals surface area (Å²) in [5.74, 6) is -1.20. The van der Waals surface area contributed by atoms with Gasteiger partial charge < -0.3 is 14.5 Å². The Morgan fingerprint density at radius 1 is 1.16 bits per heavy atom. The molecule has 1 aliphatic rings. The molecule has 0 radical (unpaired) electrons. The van der Waals surface area contributed by atoms with Crippen molar-refractivity contribution in [1.29, 1.82) is 0 Å². The Bertz CT molecular complexity index is 1290. The second-order valence-corrected chi connectivity index (χ2v) is 9.13. The smallest absolute Gasteiger partial charge is 0.337 e. The van der Waals surface area contributed by atoms with E-state index in [9.17, 15) is 18.0 Å². The van der Waals surface area contributed by atoms with Crippen LogP contribution in [0.5, 0.6) is 0 Å². The van der Waals surface area contributed by atoms with E-state index in [4.69, 9.17) is 4.74 Å². The highest BCUT2D eigenvalue weighted by Gasteiger charge is 2.29. The number of carbonyl (C=O) groups excluding carboxylic acids is 2. The summed E-state index contributed by atoms with van der Waals surface area (Å²) in [5.41, 5.74) is 2.27. The fourth-order valence-electron chi connectivity index (χ4n) is 3.70. The topological polar surface area (TPSA) is 128 Å². The van der Waals surface area contributed by atoms with E-state index in [2.05, 4.69) is 20.1 Å². The van der Waals surface area contributed by atoms with Gasteiger partial charge in [-0.15, -0.1) is 5.10 Å². The highest BCUT2D eigenvalue weighted by atomic mass is 32.2. The highest BCUT2D eigenvalue weighted by molar-refractivity contribution is 7.90. The van der Waals surface area contributed by atoms with Crippen LogP contribution in [-0.4, -0.2) is 71.9 Å². The summed E-state index contributed by atoms with van der Waals surface area (Å²) in [4.78, 5) is 32.6. The molecule has 32 heavy (non-hydrogen) atoms. The van der Waals surface area contributed by atoms with E-state index in [0.29, 0.717) is 36.4 Å². The van der Waals surface area contributed by atoms with E-state index < -0.39 is 21.7 Å². The molecule has 0 saturated heterocycles. The largest absolute Gasteiger partial charge is 0.465 e.